The van der Waals surface area contributed by atoms with Gasteiger partial charge in [0, 0.05) is 25.0 Å². The second-order valence-corrected chi connectivity index (χ2v) is 6.41. The molecule has 19 heavy (non-hydrogen) atoms. The van der Waals surface area contributed by atoms with Gasteiger partial charge in [-0.15, -0.1) is 0 Å². The molecule has 1 saturated carbocycles. The Kier molecular flexibility index (Phi) is 5.64. The van der Waals surface area contributed by atoms with Crippen LogP contribution in [0.3, 0.4) is 0 Å². The van der Waals surface area contributed by atoms with Crippen LogP contribution in [0.1, 0.15) is 51.4 Å². The van der Waals surface area contributed by atoms with E-state index in [1.54, 1.807) is 0 Å². The van der Waals surface area contributed by atoms with Crippen molar-refractivity contribution in [1.82, 2.24) is 10.2 Å². The number of rotatable bonds is 5. The molecule has 3 N–H and O–H groups in total. The highest BCUT2D eigenvalue weighted by Crippen LogP contribution is 2.26. The van der Waals surface area contributed by atoms with E-state index in [-0.39, 0.29) is 5.91 Å². The topological polar surface area (TPSA) is 58.4 Å². The molecular formula is C15H29N3O. The van der Waals surface area contributed by atoms with Crippen molar-refractivity contribution in [2.45, 2.75) is 63.5 Å². The highest BCUT2D eigenvalue weighted by atomic mass is 16.1. The minimum Gasteiger partial charge on any atom is -0.355 e. The van der Waals surface area contributed by atoms with Crippen LogP contribution in [0.4, 0.5) is 0 Å². The SMILES string of the molecule is CN1CCCC1CNC(=O)CCC1CCCC(N)C1. The molecule has 0 bridgehead atoms. The van der Waals surface area contributed by atoms with Crippen LogP contribution in [0.15, 0.2) is 0 Å². The molecule has 110 valence electrons. The first-order valence-electron chi connectivity index (χ1n) is 7.87. The molecule has 3 unspecified atom stereocenters. The van der Waals surface area contributed by atoms with Crippen LogP contribution in [0.2, 0.25) is 0 Å². The lowest BCUT2D eigenvalue weighted by molar-refractivity contribution is -0.121. The lowest BCUT2D eigenvalue weighted by Gasteiger charge is -2.26. The third-order valence-electron chi connectivity index (χ3n) is 4.81. The highest BCUT2D eigenvalue weighted by Gasteiger charge is 2.22. The number of nitrogens with zero attached hydrogens (tertiary/aromatic N) is 1. The van der Waals surface area contributed by atoms with E-state index in [0.717, 1.165) is 25.8 Å². The first-order valence-corrected chi connectivity index (χ1v) is 7.87. The van der Waals surface area contributed by atoms with Gasteiger partial charge in [0.25, 0.3) is 0 Å². The number of carbonyl (C=O) groups is 1. The number of hydrogen-bond acceptors (Lipinski definition) is 3. The molecule has 2 fully saturated rings. The molecular weight excluding hydrogens is 238 g/mol. The van der Waals surface area contributed by atoms with Gasteiger partial charge in [0.1, 0.15) is 0 Å². The summed E-state index contributed by atoms with van der Waals surface area (Å²) in [7, 11) is 2.15. The van der Waals surface area contributed by atoms with Gasteiger partial charge in [-0.3, -0.25) is 4.79 Å². The summed E-state index contributed by atoms with van der Waals surface area (Å²) in [6, 6.07) is 0.918. The molecule has 0 radical (unpaired) electrons. The number of likely N-dealkylation sites (N-methyl/N-ethyl adjacent to an activating group) is 1. The maximum Gasteiger partial charge on any atom is 0.220 e. The van der Waals surface area contributed by atoms with Crippen molar-refractivity contribution in [1.29, 1.82) is 0 Å². The second-order valence-electron chi connectivity index (χ2n) is 6.41. The Balaban J connectivity index is 1.59. The maximum atomic E-state index is 11.9. The van der Waals surface area contributed by atoms with Crippen molar-refractivity contribution in [3.63, 3.8) is 0 Å². The van der Waals surface area contributed by atoms with Gasteiger partial charge < -0.3 is 16.0 Å². The minimum absolute atomic E-state index is 0.222. The molecule has 4 nitrogen and oxygen atoms in total. The number of likely N-dealkylation sites (tertiary alicyclic amines) is 1. The van der Waals surface area contributed by atoms with E-state index in [1.807, 2.05) is 0 Å². The van der Waals surface area contributed by atoms with Crippen molar-refractivity contribution in [2.75, 3.05) is 20.1 Å². The number of nitrogens with one attached hydrogen (secondary N) is 1. The lowest BCUT2D eigenvalue weighted by atomic mass is 9.83. The molecule has 2 aliphatic rings. The van der Waals surface area contributed by atoms with Gasteiger partial charge in [-0.05, 0) is 51.6 Å². The predicted molar refractivity (Wildman–Crippen MR) is 77.8 cm³/mol. The fraction of sp³-hybridized carbons (Fsp3) is 0.933. The van der Waals surface area contributed by atoms with E-state index < -0.39 is 0 Å². The summed E-state index contributed by atoms with van der Waals surface area (Å²) in [6.07, 6.45) is 8.93. The largest absolute Gasteiger partial charge is 0.355 e. The average Bonchev–Trinajstić information content (AvgIpc) is 2.80. The summed E-state index contributed by atoms with van der Waals surface area (Å²) in [4.78, 5) is 14.2. The van der Waals surface area contributed by atoms with E-state index in [2.05, 4.69) is 17.3 Å². The smallest absolute Gasteiger partial charge is 0.220 e. The summed E-state index contributed by atoms with van der Waals surface area (Å²) in [5, 5.41) is 3.09. The summed E-state index contributed by atoms with van der Waals surface area (Å²) < 4.78 is 0. The van der Waals surface area contributed by atoms with Crippen LogP contribution in [0.25, 0.3) is 0 Å². The van der Waals surface area contributed by atoms with Crippen LogP contribution in [-0.2, 0) is 4.79 Å². The van der Waals surface area contributed by atoms with Crippen LogP contribution in [0, 0.1) is 5.92 Å². The first kappa shape index (κ1) is 14.8. The van der Waals surface area contributed by atoms with Crippen LogP contribution in [0.5, 0.6) is 0 Å². The average molecular weight is 267 g/mol. The molecule has 1 aliphatic carbocycles. The zero-order chi connectivity index (χ0) is 13.7. The Morgan fingerprint density at radius 1 is 1.32 bits per heavy atom. The first-order chi connectivity index (χ1) is 9.15. The minimum atomic E-state index is 0.222. The summed E-state index contributed by atoms with van der Waals surface area (Å²) in [5.41, 5.74) is 5.98. The summed E-state index contributed by atoms with van der Waals surface area (Å²) >= 11 is 0. The molecule has 1 aliphatic heterocycles. The van der Waals surface area contributed by atoms with Crippen molar-refractivity contribution in [3.05, 3.63) is 0 Å². The normalized spacial score (nSPS) is 32.4. The van der Waals surface area contributed by atoms with Gasteiger partial charge in [-0.25, -0.2) is 0 Å². The fourth-order valence-corrected chi connectivity index (χ4v) is 3.49. The third-order valence-corrected chi connectivity index (χ3v) is 4.81. The Hall–Kier alpha value is -0.610. The number of nitrogens with two attached hydrogens (primary N) is 1. The summed E-state index contributed by atoms with van der Waals surface area (Å²) in [6.45, 7) is 1.99. The van der Waals surface area contributed by atoms with Crippen molar-refractivity contribution in [3.8, 4) is 0 Å². The second kappa shape index (κ2) is 7.25. The quantitative estimate of drug-likeness (QED) is 0.793. The molecule has 0 aromatic heterocycles. The molecule has 1 amide bonds. The van der Waals surface area contributed by atoms with Gasteiger partial charge in [-0.2, -0.15) is 0 Å². The van der Waals surface area contributed by atoms with E-state index in [1.165, 1.54) is 32.2 Å². The molecule has 2 rings (SSSR count). The third kappa shape index (κ3) is 4.77. The van der Waals surface area contributed by atoms with Gasteiger partial charge in [0.15, 0.2) is 0 Å². The molecule has 0 aromatic carbocycles. The standard InChI is InChI=1S/C15H29N3O/c1-18-9-3-6-14(18)11-17-15(19)8-7-12-4-2-5-13(16)10-12/h12-14H,2-11,16H2,1H3,(H,17,19). The van der Waals surface area contributed by atoms with Crippen molar-refractivity contribution in [2.24, 2.45) is 11.7 Å². The van der Waals surface area contributed by atoms with Crippen LogP contribution >= 0.6 is 0 Å². The molecule has 0 spiro atoms. The molecule has 4 heteroatoms. The van der Waals surface area contributed by atoms with Gasteiger partial charge in [-0.1, -0.05) is 12.8 Å². The number of hydrogen-bond donors (Lipinski definition) is 2. The van der Waals surface area contributed by atoms with Gasteiger partial charge in [0.2, 0.25) is 5.91 Å². The zero-order valence-electron chi connectivity index (χ0n) is 12.2. The Bertz CT molecular complexity index is 295. The Morgan fingerprint density at radius 2 is 2.16 bits per heavy atom. The van der Waals surface area contributed by atoms with Crippen LogP contribution in [-0.4, -0.2) is 43.0 Å². The summed E-state index contributed by atoms with van der Waals surface area (Å²) in [5.74, 6) is 0.892. The van der Waals surface area contributed by atoms with Crippen LogP contribution < -0.4 is 11.1 Å². The lowest BCUT2D eigenvalue weighted by Crippen LogP contribution is -2.38. The van der Waals surface area contributed by atoms with E-state index in [9.17, 15) is 4.79 Å². The number of amides is 1. The molecule has 1 heterocycles. The van der Waals surface area contributed by atoms with E-state index in [0.29, 0.717) is 24.4 Å². The van der Waals surface area contributed by atoms with Gasteiger partial charge >= 0.3 is 0 Å². The van der Waals surface area contributed by atoms with Crippen molar-refractivity contribution < 1.29 is 4.79 Å². The monoisotopic (exact) mass is 267 g/mol. The molecule has 0 aromatic rings. The molecule has 1 saturated heterocycles. The number of carbonyl (C=O) groups excluding carboxylic acids is 1. The Morgan fingerprint density at radius 3 is 2.84 bits per heavy atom. The highest BCUT2D eigenvalue weighted by molar-refractivity contribution is 5.75. The predicted octanol–water partition coefficient (Wildman–Crippen LogP) is 1.49. The maximum absolute atomic E-state index is 11.9. The van der Waals surface area contributed by atoms with Crippen molar-refractivity contribution >= 4 is 5.91 Å². The fourth-order valence-electron chi connectivity index (χ4n) is 3.49. The Labute approximate surface area is 117 Å². The molecule has 3 atom stereocenters. The van der Waals surface area contributed by atoms with E-state index in [4.69, 9.17) is 5.73 Å². The van der Waals surface area contributed by atoms with Gasteiger partial charge in [0.05, 0.1) is 0 Å². The van der Waals surface area contributed by atoms with E-state index >= 15 is 0 Å². The zero-order valence-corrected chi connectivity index (χ0v) is 12.2.